The molecule has 0 aliphatic carbocycles. The van der Waals surface area contributed by atoms with E-state index in [1.165, 1.54) is 11.6 Å². The zero-order valence-corrected chi connectivity index (χ0v) is 10.5. The van der Waals surface area contributed by atoms with Gasteiger partial charge in [-0.25, -0.2) is 4.39 Å². The molecule has 0 aliphatic rings. The maximum atomic E-state index is 13.6. The first-order valence-corrected chi connectivity index (χ1v) is 6.56. The first-order valence-electron chi connectivity index (χ1n) is 5.62. The highest BCUT2D eigenvalue weighted by Crippen LogP contribution is 2.23. The van der Waals surface area contributed by atoms with Crippen molar-refractivity contribution >= 4 is 11.3 Å². The number of hydrogen-bond acceptors (Lipinski definition) is 2. The van der Waals surface area contributed by atoms with Crippen LogP contribution in [-0.4, -0.2) is 5.11 Å². The quantitative estimate of drug-likeness (QED) is 0.873. The van der Waals surface area contributed by atoms with Crippen LogP contribution in [0.2, 0.25) is 0 Å². The molecule has 0 aliphatic heterocycles. The number of hydrogen-bond donors (Lipinski definition) is 1. The standard InChI is InChI=1S/C14H15FOS/c1-10-2-4-12(13(15)8-10)14(16)5-3-11-6-7-17-9-11/h2,4,6-9,14,16H,3,5H2,1H3. The summed E-state index contributed by atoms with van der Waals surface area (Å²) in [5.41, 5.74) is 2.46. The van der Waals surface area contributed by atoms with E-state index < -0.39 is 6.10 Å². The zero-order chi connectivity index (χ0) is 12.3. The Morgan fingerprint density at radius 1 is 1.35 bits per heavy atom. The number of halogens is 1. The van der Waals surface area contributed by atoms with Crippen molar-refractivity contribution in [2.45, 2.75) is 25.9 Å². The van der Waals surface area contributed by atoms with Crippen molar-refractivity contribution < 1.29 is 9.50 Å². The van der Waals surface area contributed by atoms with Crippen molar-refractivity contribution in [3.63, 3.8) is 0 Å². The van der Waals surface area contributed by atoms with Crippen LogP contribution in [0.15, 0.2) is 35.0 Å². The van der Waals surface area contributed by atoms with Gasteiger partial charge in [-0.1, -0.05) is 12.1 Å². The van der Waals surface area contributed by atoms with Gasteiger partial charge in [-0.05, 0) is 53.8 Å². The van der Waals surface area contributed by atoms with Gasteiger partial charge in [0.25, 0.3) is 0 Å². The fourth-order valence-electron chi connectivity index (χ4n) is 1.80. The summed E-state index contributed by atoms with van der Waals surface area (Å²) in [4.78, 5) is 0. The second kappa shape index (κ2) is 5.43. The van der Waals surface area contributed by atoms with Gasteiger partial charge in [-0.3, -0.25) is 0 Å². The molecular weight excluding hydrogens is 235 g/mol. The lowest BCUT2D eigenvalue weighted by atomic mass is 10.0. The van der Waals surface area contributed by atoms with Gasteiger partial charge in [-0.2, -0.15) is 11.3 Å². The molecule has 1 aromatic carbocycles. The van der Waals surface area contributed by atoms with E-state index in [0.717, 1.165) is 12.0 Å². The second-order valence-electron chi connectivity index (χ2n) is 4.21. The Bertz CT molecular complexity index is 479. The molecule has 2 aromatic rings. The number of aliphatic hydroxyl groups is 1. The van der Waals surface area contributed by atoms with Crippen LogP contribution >= 0.6 is 11.3 Å². The Labute approximate surface area is 105 Å². The summed E-state index contributed by atoms with van der Waals surface area (Å²) in [5.74, 6) is -0.317. The molecule has 1 nitrogen and oxygen atoms in total. The molecule has 0 saturated heterocycles. The maximum Gasteiger partial charge on any atom is 0.129 e. The summed E-state index contributed by atoms with van der Waals surface area (Å²) in [7, 11) is 0. The molecule has 1 atom stereocenters. The molecule has 1 heterocycles. The lowest BCUT2D eigenvalue weighted by Gasteiger charge is -2.11. The smallest absolute Gasteiger partial charge is 0.129 e. The molecule has 0 saturated carbocycles. The van der Waals surface area contributed by atoms with Gasteiger partial charge in [0, 0.05) is 5.56 Å². The molecule has 2 rings (SSSR count). The molecule has 3 heteroatoms. The SMILES string of the molecule is Cc1ccc(C(O)CCc2ccsc2)c(F)c1. The highest BCUT2D eigenvalue weighted by Gasteiger charge is 2.12. The van der Waals surface area contributed by atoms with E-state index in [1.807, 2.05) is 24.4 Å². The maximum absolute atomic E-state index is 13.6. The lowest BCUT2D eigenvalue weighted by molar-refractivity contribution is 0.163. The average Bonchev–Trinajstić information content (AvgIpc) is 2.78. The minimum atomic E-state index is -0.726. The van der Waals surface area contributed by atoms with Crippen LogP contribution < -0.4 is 0 Å². The van der Waals surface area contributed by atoms with E-state index in [9.17, 15) is 9.50 Å². The topological polar surface area (TPSA) is 20.2 Å². The van der Waals surface area contributed by atoms with Crippen LogP contribution in [0.3, 0.4) is 0 Å². The fraction of sp³-hybridized carbons (Fsp3) is 0.286. The van der Waals surface area contributed by atoms with Crippen LogP contribution in [0.5, 0.6) is 0 Å². The van der Waals surface area contributed by atoms with Crippen molar-refractivity contribution in [1.82, 2.24) is 0 Å². The fourth-order valence-corrected chi connectivity index (χ4v) is 2.50. The molecule has 17 heavy (non-hydrogen) atoms. The summed E-state index contributed by atoms with van der Waals surface area (Å²) >= 11 is 1.64. The van der Waals surface area contributed by atoms with Gasteiger partial charge >= 0.3 is 0 Å². The van der Waals surface area contributed by atoms with Crippen LogP contribution in [0.1, 0.15) is 29.2 Å². The second-order valence-corrected chi connectivity index (χ2v) is 4.99. The Hall–Kier alpha value is -1.19. The highest BCUT2D eigenvalue weighted by molar-refractivity contribution is 7.07. The molecule has 0 fully saturated rings. The van der Waals surface area contributed by atoms with Crippen molar-refractivity contribution in [1.29, 1.82) is 0 Å². The predicted molar refractivity (Wildman–Crippen MR) is 68.7 cm³/mol. The van der Waals surface area contributed by atoms with E-state index in [2.05, 4.69) is 5.38 Å². The first kappa shape index (κ1) is 12.3. The number of benzene rings is 1. The Kier molecular flexibility index (Phi) is 3.92. The van der Waals surface area contributed by atoms with Crippen LogP contribution in [0.25, 0.3) is 0 Å². The molecule has 1 aromatic heterocycles. The van der Waals surface area contributed by atoms with Crippen LogP contribution in [0.4, 0.5) is 4.39 Å². The van der Waals surface area contributed by atoms with E-state index in [-0.39, 0.29) is 5.82 Å². The molecular formula is C14H15FOS. The lowest BCUT2D eigenvalue weighted by Crippen LogP contribution is -2.02. The van der Waals surface area contributed by atoms with Crippen LogP contribution in [0, 0.1) is 12.7 Å². The third-order valence-corrected chi connectivity index (χ3v) is 3.53. The van der Waals surface area contributed by atoms with Gasteiger partial charge in [0.1, 0.15) is 5.82 Å². The third kappa shape index (κ3) is 3.14. The number of rotatable bonds is 4. The van der Waals surface area contributed by atoms with E-state index in [1.54, 1.807) is 17.4 Å². The summed E-state index contributed by atoms with van der Waals surface area (Å²) in [6.45, 7) is 1.84. The molecule has 0 bridgehead atoms. The van der Waals surface area contributed by atoms with Gasteiger partial charge in [0.05, 0.1) is 6.10 Å². The van der Waals surface area contributed by atoms with Crippen LogP contribution in [-0.2, 0) is 6.42 Å². The van der Waals surface area contributed by atoms with Gasteiger partial charge in [-0.15, -0.1) is 0 Å². The van der Waals surface area contributed by atoms with Gasteiger partial charge < -0.3 is 5.11 Å². The summed E-state index contributed by atoms with van der Waals surface area (Å²) in [6.07, 6.45) is 0.602. The first-order chi connectivity index (χ1) is 8.16. The average molecular weight is 250 g/mol. The van der Waals surface area contributed by atoms with Gasteiger partial charge in [0.2, 0.25) is 0 Å². The van der Waals surface area contributed by atoms with E-state index in [0.29, 0.717) is 12.0 Å². The number of aliphatic hydroxyl groups excluding tert-OH is 1. The highest BCUT2D eigenvalue weighted by atomic mass is 32.1. The normalized spacial score (nSPS) is 12.6. The van der Waals surface area contributed by atoms with E-state index in [4.69, 9.17) is 0 Å². The molecule has 90 valence electrons. The predicted octanol–water partition coefficient (Wildman–Crippen LogP) is 3.86. The number of aryl methyl sites for hydroxylation is 2. The minimum absolute atomic E-state index is 0.317. The number of thiophene rings is 1. The molecule has 1 N–H and O–H groups in total. The largest absolute Gasteiger partial charge is 0.388 e. The summed E-state index contributed by atoms with van der Waals surface area (Å²) in [5, 5.41) is 14.0. The summed E-state index contributed by atoms with van der Waals surface area (Å²) in [6, 6.07) is 6.99. The van der Waals surface area contributed by atoms with E-state index >= 15 is 0 Å². The third-order valence-electron chi connectivity index (χ3n) is 2.80. The van der Waals surface area contributed by atoms with Crippen molar-refractivity contribution in [3.05, 3.63) is 57.5 Å². The molecule has 0 radical (unpaired) electrons. The Morgan fingerprint density at radius 3 is 2.82 bits per heavy atom. The monoisotopic (exact) mass is 250 g/mol. The Morgan fingerprint density at radius 2 is 2.18 bits per heavy atom. The molecule has 0 amide bonds. The van der Waals surface area contributed by atoms with Crippen molar-refractivity contribution in [3.8, 4) is 0 Å². The van der Waals surface area contributed by atoms with Crippen molar-refractivity contribution in [2.75, 3.05) is 0 Å². The molecule has 0 spiro atoms. The Balaban J connectivity index is 2.01. The van der Waals surface area contributed by atoms with Crippen molar-refractivity contribution in [2.24, 2.45) is 0 Å². The molecule has 1 unspecified atom stereocenters. The zero-order valence-electron chi connectivity index (χ0n) is 9.69. The summed E-state index contributed by atoms with van der Waals surface area (Å²) < 4.78 is 13.6. The van der Waals surface area contributed by atoms with Gasteiger partial charge in [0.15, 0.2) is 0 Å². The minimum Gasteiger partial charge on any atom is -0.388 e.